The molecule has 1 amide bonds. The van der Waals surface area contributed by atoms with Crippen LogP contribution in [0.4, 0.5) is 13.6 Å². The second kappa shape index (κ2) is 11.1. The fourth-order valence-corrected chi connectivity index (χ4v) is 5.94. The summed E-state index contributed by atoms with van der Waals surface area (Å²) in [5, 5.41) is 5.30. The first-order chi connectivity index (χ1) is 16.9. The molecule has 2 aromatic carbocycles. The maximum Gasteiger partial charge on any atom is 0.408 e. The lowest BCUT2D eigenvalue weighted by Gasteiger charge is -2.52. The predicted molar refractivity (Wildman–Crippen MR) is 127 cm³/mol. The summed E-state index contributed by atoms with van der Waals surface area (Å²) in [5.41, 5.74) is 0.828. The third kappa shape index (κ3) is 5.82. The SMILES string of the molecule is O=C(NC1C[N+]2(CC(=O)c3nccs3)CCC1CC2)OC(c1cccc(F)c1)c1cccc(F)c1.[Br-]. The molecule has 4 heterocycles. The predicted octanol–water partition coefficient (Wildman–Crippen LogP) is 1.73. The van der Waals surface area contributed by atoms with Gasteiger partial charge in [0.15, 0.2) is 11.1 Å². The molecule has 3 saturated heterocycles. The Morgan fingerprint density at radius 2 is 1.72 bits per heavy atom. The van der Waals surface area contributed by atoms with Crippen molar-refractivity contribution in [3.05, 3.63) is 87.9 Å². The summed E-state index contributed by atoms with van der Waals surface area (Å²) >= 11 is 1.34. The van der Waals surface area contributed by atoms with E-state index in [0.717, 1.165) is 25.9 Å². The van der Waals surface area contributed by atoms with E-state index < -0.39 is 23.8 Å². The number of nitrogens with zero attached hydrogens (tertiary/aromatic N) is 2. The molecule has 190 valence electrons. The van der Waals surface area contributed by atoms with Gasteiger partial charge < -0.3 is 31.5 Å². The molecule has 6 rings (SSSR count). The Hall–Kier alpha value is -2.69. The van der Waals surface area contributed by atoms with Crippen LogP contribution in [-0.2, 0) is 4.74 Å². The number of thiazole rings is 1. The van der Waals surface area contributed by atoms with Gasteiger partial charge >= 0.3 is 6.09 Å². The Kier molecular flexibility index (Phi) is 8.17. The molecule has 1 aromatic heterocycles. The van der Waals surface area contributed by atoms with Crippen LogP contribution >= 0.6 is 11.3 Å². The fraction of sp³-hybridized carbons (Fsp3) is 0.346. The molecule has 1 N–H and O–H groups in total. The van der Waals surface area contributed by atoms with Gasteiger partial charge in [-0.25, -0.2) is 18.6 Å². The number of carbonyl (C=O) groups is 2. The normalized spacial score (nSPS) is 22.6. The van der Waals surface area contributed by atoms with Gasteiger partial charge in [0.1, 0.15) is 18.2 Å². The Morgan fingerprint density at radius 1 is 1.08 bits per heavy atom. The minimum Gasteiger partial charge on any atom is -1.00 e. The standard InChI is InChI=1S/C26H25F2N3O3S.BrH/c27-20-5-1-3-18(13-20)24(19-4-2-6-21(28)14-19)34-26(33)30-22-15-31(10-7-17(22)8-11-31)16-23(32)25-29-9-12-35-25;/h1-6,9,12-14,17,22,24H,7-8,10-11,15-16H2;1H. The summed E-state index contributed by atoms with van der Waals surface area (Å²) < 4.78 is 34.2. The molecular formula is C26H26BrF2N3O3S. The number of ketones is 1. The van der Waals surface area contributed by atoms with Crippen LogP contribution in [-0.4, -0.2) is 53.6 Å². The first-order valence-corrected chi connectivity index (χ1v) is 12.5. The van der Waals surface area contributed by atoms with E-state index in [1.54, 1.807) is 23.7 Å². The monoisotopic (exact) mass is 577 g/mol. The van der Waals surface area contributed by atoms with Crippen molar-refractivity contribution >= 4 is 23.2 Å². The van der Waals surface area contributed by atoms with Gasteiger partial charge in [0.25, 0.3) is 0 Å². The van der Waals surface area contributed by atoms with Crippen molar-refractivity contribution in [1.29, 1.82) is 0 Å². The second-order valence-electron chi connectivity index (χ2n) is 9.37. The Balaban J connectivity index is 0.00000304. The zero-order valence-electron chi connectivity index (χ0n) is 19.4. The number of hydrogen-bond donors (Lipinski definition) is 1. The molecule has 0 radical (unpaired) electrons. The van der Waals surface area contributed by atoms with E-state index >= 15 is 0 Å². The Bertz CT molecular complexity index is 1170. The molecule has 36 heavy (non-hydrogen) atoms. The Morgan fingerprint density at radius 3 is 2.28 bits per heavy atom. The molecule has 6 nitrogen and oxygen atoms in total. The van der Waals surface area contributed by atoms with Crippen molar-refractivity contribution in [1.82, 2.24) is 10.3 Å². The van der Waals surface area contributed by atoms with Crippen molar-refractivity contribution in [2.24, 2.45) is 5.92 Å². The summed E-state index contributed by atoms with van der Waals surface area (Å²) in [5.74, 6) is -0.610. The summed E-state index contributed by atoms with van der Waals surface area (Å²) in [7, 11) is 0. The number of carbonyl (C=O) groups excluding carboxylic acids is 2. The third-order valence-corrected chi connectivity index (χ3v) is 7.90. The van der Waals surface area contributed by atoms with Crippen molar-refractivity contribution in [2.45, 2.75) is 25.0 Å². The lowest BCUT2D eigenvalue weighted by molar-refractivity contribution is -0.936. The van der Waals surface area contributed by atoms with E-state index in [0.29, 0.717) is 39.6 Å². The van der Waals surface area contributed by atoms with Crippen molar-refractivity contribution in [3.63, 3.8) is 0 Å². The highest BCUT2D eigenvalue weighted by Crippen LogP contribution is 2.35. The highest BCUT2D eigenvalue weighted by molar-refractivity contribution is 7.11. The second-order valence-corrected chi connectivity index (χ2v) is 10.3. The van der Waals surface area contributed by atoms with Crippen LogP contribution in [0.5, 0.6) is 0 Å². The van der Waals surface area contributed by atoms with Crippen LogP contribution in [0.2, 0.25) is 0 Å². The number of aromatic nitrogens is 1. The summed E-state index contributed by atoms with van der Waals surface area (Å²) in [4.78, 5) is 29.9. The average Bonchev–Trinajstić information content (AvgIpc) is 3.38. The van der Waals surface area contributed by atoms with Gasteiger partial charge in [-0.2, -0.15) is 0 Å². The van der Waals surface area contributed by atoms with Gasteiger partial charge in [0.05, 0.1) is 25.7 Å². The third-order valence-electron chi connectivity index (χ3n) is 7.08. The Labute approximate surface area is 222 Å². The van der Waals surface area contributed by atoms with Crippen LogP contribution in [0.3, 0.4) is 0 Å². The number of Topliss-reactive ketones (excluding diaryl/α,β-unsaturated/α-hetero) is 1. The summed E-state index contributed by atoms with van der Waals surface area (Å²) in [6.45, 7) is 2.79. The topological polar surface area (TPSA) is 68.3 Å². The molecule has 10 heteroatoms. The summed E-state index contributed by atoms with van der Waals surface area (Å²) in [6, 6.07) is 11.4. The highest BCUT2D eigenvalue weighted by atomic mass is 79.9. The molecular weight excluding hydrogens is 552 g/mol. The van der Waals surface area contributed by atoms with Crippen LogP contribution < -0.4 is 22.3 Å². The van der Waals surface area contributed by atoms with E-state index in [9.17, 15) is 18.4 Å². The van der Waals surface area contributed by atoms with Gasteiger partial charge in [-0.05, 0) is 41.3 Å². The molecule has 0 spiro atoms. The fourth-order valence-electron chi connectivity index (χ4n) is 5.37. The van der Waals surface area contributed by atoms with Gasteiger partial charge in [-0.15, -0.1) is 11.3 Å². The number of hydrogen-bond acceptors (Lipinski definition) is 5. The molecule has 3 aromatic rings. The zero-order valence-corrected chi connectivity index (χ0v) is 21.8. The lowest BCUT2D eigenvalue weighted by atomic mass is 9.81. The van der Waals surface area contributed by atoms with Gasteiger partial charge in [-0.1, -0.05) is 24.3 Å². The number of ether oxygens (including phenoxy) is 1. The number of halogens is 3. The number of alkyl carbamates (subject to hydrolysis) is 1. The van der Waals surface area contributed by atoms with E-state index in [-0.39, 0.29) is 28.8 Å². The summed E-state index contributed by atoms with van der Waals surface area (Å²) in [6.07, 6.45) is 1.85. The lowest BCUT2D eigenvalue weighted by Crippen LogP contribution is -3.00. The minimum absolute atomic E-state index is 0. The molecule has 1 atom stereocenters. The van der Waals surface area contributed by atoms with Crippen molar-refractivity contribution in [3.8, 4) is 0 Å². The van der Waals surface area contributed by atoms with Crippen molar-refractivity contribution in [2.75, 3.05) is 26.2 Å². The van der Waals surface area contributed by atoms with Crippen LogP contribution in [0.1, 0.15) is 39.9 Å². The van der Waals surface area contributed by atoms with Gasteiger partial charge in [0, 0.05) is 24.4 Å². The van der Waals surface area contributed by atoms with E-state index in [2.05, 4.69) is 10.3 Å². The number of nitrogens with one attached hydrogen (secondary N) is 1. The van der Waals surface area contributed by atoms with Gasteiger partial charge in [0.2, 0.25) is 5.78 Å². The first kappa shape index (κ1) is 26.4. The number of piperidine rings is 3. The molecule has 2 bridgehead atoms. The van der Waals surface area contributed by atoms with Crippen molar-refractivity contribution < 1.29 is 44.6 Å². The largest absolute Gasteiger partial charge is 1.00 e. The van der Waals surface area contributed by atoms with E-state index in [4.69, 9.17) is 4.74 Å². The number of quaternary nitrogens is 1. The van der Waals surface area contributed by atoms with Crippen LogP contribution in [0.25, 0.3) is 0 Å². The van der Waals surface area contributed by atoms with E-state index in [1.165, 1.54) is 47.7 Å². The zero-order chi connectivity index (χ0) is 24.4. The molecule has 3 aliphatic rings. The molecule has 3 fully saturated rings. The van der Waals surface area contributed by atoms with E-state index in [1.807, 2.05) is 0 Å². The molecule has 3 aliphatic heterocycles. The quantitative estimate of drug-likeness (QED) is 0.343. The number of benzene rings is 2. The van der Waals surface area contributed by atoms with Crippen LogP contribution in [0, 0.1) is 17.6 Å². The number of fused-ring (bicyclic) bond motifs is 3. The van der Waals surface area contributed by atoms with Crippen LogP contribution in [0.15, 0.2) is 60.1 Å². The average molecular weight is 578 g/mol. The van der Waals surface area contributed by atoms with Gasteiger partial charge in [-0.3, -0.25) is 4.79 Å². The minimum atomic E-state index is -0.961. The first-order valence-electron chi connectivity index (χ1n) is 11.7. The molecule has 0 saturated carbocycles. The highest BCUT2D eigenvalue weighted by Gasteiger charge is 2.47. The molecule has 0 aliphatic carbocycles. The number of rotatable bonds is 7. The number of amides is 1. The maximum absolute atomic E-state index is 13.9. The smallest absolute Gasteiger partial charge is 0.408 e. The maximum atomic E-state index is 13.9. The molecule has 1 unspecified atom stereocenters.